The Labute approximate surface area is 159 Å². The molecule has 0 N–H and O–H groups in total. The molecule has 27 heavy (non-hydrogen) atoms. The highest BCUT2D eigenvalue weighted by Gasteiger charge is 2.55. The van der Waals surface area contributed by atoms with Crippen molar-refractivity contribution in [3.63, 3.8) is 0 Å². The Morgan fingerprint density at radius 1 is 1.04 bits per heavy atom. The zero-order chi connectivity index (χ0) is 20.8. The molecule has 0 aromatic carbocycles. The first-order chi connectivity index (χ1) is 12.1. The summed E-state index contributed by atoms with van der Waals surface area (Å²) in [6.07, 6.45) is -2.58. The molecule has 0 saturated carbocycles. The SMILES string of the molecule is CC(C)(C)OC(=O)N1CC(F)(F)C[C@H]1[C@H]1COS(=O)N1C(=O)OC(C)(C)C. The highest BCUT2D eigenvalue weighted by atomic mass is 32.2. The molecule has 2 saturated heterocycles. The van der Waals surface area contributed by atoms with Crippen molar-refractivity contribution >= 4 is 23.5 Å². The number of hydrogen-bond acceptors (Lipinski definition) is 6. The molecule has 0 aliphatic carbocycles. The highest BCUT2D eigenvalue weighted by Crippen LogP contribution is 2.38. The minimum absolute atomic E-state index is 0.258. The molecule has 3 atom stereocenters. The first-order valence-corrected chi connectivity index (χ1v) is 9.58. The minimum atomic E-state index is -3.16. The molecular weight excluding hydrogens is 386 g/mol. The maximum atomic E-state index is 14.1. The third kappa shape index (κ3) is 5.50. The molecule has 2 amide bonds. The summed E-state index contributed by atoms with van der Waals surface area (Å²) in [6.45, 7) is 8.62. The van der Waals surface area contributed by atoms with Crippen LogP contribution in [0.2, 0.25) is 0 Å². The molecule has 1 unspecified atom stereocenters. The van der Waals surface area contributed by atoms with E-state index in [1.165, 1.54) is 0 Å². The van der Waals surface area contributed by atoms with E-state index in [-0.39, 0.29) is 6.61 Å². The number of carbonyl (C=O) groups is 2. The van der Waals surface area contributed by atoms with Crippen molar-refractivity contribution in [1.82, 2.24) is 9.21 Å². The van der Waals surface area contributed by atoms with Crippen LogP contribution in [0.15, 0.2) is 0 Å². The van der Waals surface area contributed by atoms with Gasteiger partial charge in [0, 0.05) is 6.42 Å². The fourth-order valence-corrected chi connectivity index (χ4v) is 3.80. The Balaban J connectivity index is 2.27. The lowest BCUT2D eigenvalue weighted by Crippen LogP contribution is -2.52. The van der Waals surface area contributed by atoms with E-state index in [1.54, 1.807) is 41.5 Å². The van der Waals surface area contributed by atoms with Crippen LogP contribution in [0.4, 0.5) is 18.4 Å². The van der Waals surface area contributed by atoms with E-state index in [0.29, 0.717) is 0 Å². The van der Waals surface area contributed by atoms with Crippen molar-refractivity contribution in [1.29, 1.82) is 0 Å². The molecular formula is C16H26F2N2O6S. The largest absolute Gasteiger partial charge is 0.444 e. The zero-order valence-corrected chi connectivity index (χ0v) is 17.1. The van der Waals surface area contributed by atoms with Gasteiger partial charge in [0.2, 0.25) is 0 Å². The topological polar surface area (TPSA) is 85.4 Å². The number of hydrogen-bond donors (Lipinski definition) is 0. The van der Waals surface area contributed by atoms with Crippen molar-refractivity contribution in [3.8, 4) is 0 Å². The van der Waals surface area contributed by atoms with E-state index in [0.717, 1.165) is 9.21 Å². The first-order valence-electron chi connectivity index (χ1n) is 8.54. The fraction of sp³-hybridized carbons (Fsp3) is 0.875. The predicted molar refractivity (Wildman–Crippen MR) is 92.2 cm³/mol. The summed E-state index contributed by atoms with van der Waals surface area (Å²) < 4.78 is 56.5. The van der Waals surface area contributed by atoms with E-state index in [1.807, 2.05) is 0 Å². The summed E-state index contributed by atoms with van der Waals surface area (Å²) in [5, 5.41) is 0. The van der Waals surface area contributed by atoms with Gasteiger partial charge in [0.25, 0.3) is 17.2 Å². The lowest BCUT2D eigenvalue weighted by atomic mass is 10.1. The van der Waals surface area contributed by atoms with Crippen molar-refractivity contribution in [3.05, 3.63) is 0 Å². The van der Waals surface area contributed by atoms with Gasteiger partial charge in [0.15, 0.2) is 0 Å². The van der Waals surface area contributed by atoms with Gasteiger partial charge >= 0.3 is 12.2 Å². The van der Waals surface area contributed by atoms with Crippen LogP contribution >= 0.6 is 0 Å². The van der Waals surface area contributed by atoms with Crippen LogP contribution in [0, 0.1) is 0 Å². The molecule has 2 heterocycles. The lowest BCUT2D eigenvalue weighted by molar-refractivity contribution is -0.00335. The maximum absolute atomic E-state index is 14.1. The van der Waals surface area contributed by atoms with Crippen molar-refractivity contribution < 1.29 is 36.2 Å². The standard InChI is InChI=1S/C16H26F2N2O6S/c1-14(2,3)25-12(21)19-9-16(17,18)7-10(19)11-8-24-27(23)20(11)13(22)26-15(4,5)6/h10-11H,7-9H2,1-6H3/t10-,11+,27?/m0/s1. The molecule has 0 aromatic rings. The average molecular weight is 412 g/mol. The Kier molecular flexibility index (Phi) is 5.78. The summed E-state index contributed by atoms with van der Waals surface area (Å²) >= 11 is -2.19. The van der Waals surface area contributed by atoms with Crippen LogP contribution < -0.4 is 0 Å². The maximum Gasteiger partial charge on any atom is 0.424 e. The van der Waals surface area contributed by atoms with Crippen LogP contribution in [0.1, 0.15) is 48.0 Å². The summed E-state index contributed by atoms with van der Waals surface area (Å²) in [5.41, 5.74) is -1.75. The molecule has 11 heteroatoms. The number of alkyl halides is 2. The number of likely N-dealkylation sites (tertiary alicyclic amines) is 1. The van der Waals surface area contributed by atoms with E-state index in [4.69, 9.17) is 13.7 Å². The second-order valence-electron chi connectivity index (χ2n) is 8.61. The van der Waals surface area contributed by atoms with Gasteiger partial charge in [-0.3, -0.25) is 9.08 Å². The third-order valence-corrected chi connectivity index (χ3v) is 4.84. The normalized spacial score (nSPS) is 28.4. The fourth-order valence-electron chi connectivity index (χ4n) is 2.84. The van der Waals surface area contributed by atoms with E-state index < -0.39 is 65.6 Å². The summed E-state index contributed by atoms with van der Waals surface area (Å²) in [4.78, 5) is 25.7. The van der Waals surface area contributed by atoms with Gasteiger partial charge < -0.3 is 9.47 Å². The van der Waals surface area contributed by atoms with Crippen LogP contribution in [-0.2, 0) is 24.9 Å². The summed E-state index contributed by atoms with van der Waals surface area (Å²) in [7, 11) is 0. The van der Waals surface area contributed by atoms with Gasteiger partial charge in [-0.05, 0) is 41.5 Å². The highest BCUT2D eigenvalue weighted by molar-refractivity contribution is 7.78. The second-order valence-corrected chi connectivity index (χ2v) is 9.67. The number of amides is 2. The molecule has 0 radical (unpaired) electrons. The van der Waals surface area contributed by atoms with Gasteiger partial charge in [-0.1, -0.05) is 0 Å². The number of nitrogens with zero attached hydrogens (tertiary/aromatic N) is 2. The van der Waals surface area contributed by atoms with Gasteiger partial charge in [0.1, 0.15) is 11.2 Å². The lowest BCUT2D eigenvalue weighted by Gasteiger charge is -2.33. The summed E-state index contributed by atoms with van der Waals surface area (Å²) in [5.74, 6) is -3.16. The molecule has 0 bridgehead atoms. The van der Waals surface area contributed by atoms with Crippen molar-refractivity contribution in [2.24, 2.45) is 0 Å². The number of rotatable bonds is 1. The Morgan fingerprint density at radius 3 is 2.07 bits per heavy atom. The Hall–Kier alpha value is -1.49. The van der Waals surface area contributed by atoms with E-state index >= 15 is 0 Å². The van der Waals surface area contributed by atoms with Crippen LogP contribution in [0.25, 0.3) is 0 Å². The quantitative estimate of drug-likeness (QED) is 0.658. The Morgan fingerprint density at radius 2 is 1.56 bits per heavy atom. The summed E-state index contributed by atoms with van der Waals surface area (Å²) in [6, 6.07) is -2.16. The molecule has 156 valence electrons. The molecule has 2 rings (SSSR count). The van der Waals surface area contributed by atoms with E-state index in [9.17, 15) is 22.6 Å². The molecule has 2 aliphatic rings. The average Bonchev–Trinajstić information content (AvgIpc) is 2.94. The number of halogens is 2. The van der Waals surface area contributed by atoms with Crippen LogP contribution in [-0.4, -0.2) is 68.0 Å². The number of ether oxygens (including phenoxy) is 2. The first kappa shape index (κ1) is 21.8. The van der Waals surface area contributed by atoms with Gasteiger partial charge in [-0.15, -0.1) is 0 Å². The molecule has 2 fully saturated rings. The number of carbonyl (C=O) groups excluding carboxylic acids is 2. The Bertz CT molecular complexity index is 631. The predicted octanol–water partition coefficient (Wildman–Crippen LogP) is 2.85. The van der Waals surface area contributed by atoms with Gasteiger partial charge in [-0.2, -0.15) is 4.31 Å². The van der Waals surface area contributed by atoms with Crippen molar-refractivity contribution in [2.75, 3.05) is 13.2 Å². The van der Waals surface area contributed by atoms with E-state index in [2.05, 4.69) is 0 Å². The second kappa shape index (κ2) is 7.16. The molecule has 2 aliphatic heterocycles. The van der Waals surface area contributed by atoms with Crippen LogP contribution in [0.5, 0.6) is 0 Å². The van der Waals surface area contributed by atoms with Crippen molar-refractivity contribution in [2.45, 2.75) is 77.2 Å². The third-order valence-electron chi connectivity index (χ3n) is 3.76. The zero-order valence-electron chi connectivity index (χ0n) is 16.3. The van der Waals surface area contributed by atoms with Crippen LogP contribution in [0.3, 0.4) is 0 Å². The van der Waals surface area contributed by atoms with Gasteiger partial charge in [-0.25, -0.2) is 22.6 Å². The molecule has 0 spiro atoms. The minimum Gasteiger partial charge on any atom is -0.444 e. The monoisotopic (exact) mass is 412 g/mol. The molecule has 8 nitrogen and oxygen atoms in total. The van der Waals surface area contributed by atoms with Gasteiger partial charge in [0.05, 0.1) is 25.2 Å². The molecule has 0 aromatic heterocycles. The smallest absolute Gasteiger partial charge is 0.424 e.